The molecule has 1 saturated heterocycles. The first-order valence-electron chi connectivity index (χ1n) is 5.00. The van der Waals surface area contributed by atoms with Crippen molar-refractivity contribution in [2.45, 2.75) is 12.8 Å². The number of carbonyl (C=O) groups is 3. The number of nitrogens with one attached hydrogen (secondary N) is 1. The predicted molar refractivity (Wildman–Crippen MR) is 60.0 cm³/mol. The average molecular weight is 253 g/mol. The number of carbonyl (C=O) groups excluding carboxylic acids is 3. The second-order valence-electron chi connectivity index (χ2n) is 3.57. The number of hydrogen-bond donors (Lipinski definition) is 1. The predicted octanol–water partition coefficient (Wildman–Crippen LogP) is 1.13. The van der Waals surface area contributed by atoms with Crippen LogP contribution in [0, 0.1) is 0 Å². The summed E-state index contributed by atoms with van der Waals surface area (Å²) in [5.74, 6) is -1.29. The van der Waals surface area contributed by atoms with Crippen molar-refractivity contribution in [3.8, 4) is 0 Å². The zero-order chi connectivity index (χ0) is 12.4. The molecular weight excluding hydrogens is 244 g/mol. The third kappa shape index (κ3) is 2.45. The van der Waals surface area contributed by atoms with Gasteiger partial charge in [-0.25, -0.2) is 0 Å². The Balaban J connectivity index is 2.09. The fourth-order valence-corrected chi connectivity index (χ4v) is 1.59. The van der Waals surface area contributed by atoms with Crippen molar-refractivity contribution in [3.63, 3.8) is 0 Å². The van der Waals surface area contributed by atoms with Crippen LogP contribution in [0.1, 0.15) is 23.2 Å². The van der Waals surface area contributed by atoms with Crippen molar-refractivity contribution in [2.75, 3.05) is 0 Å². The Bertz CT molecular complexity index is 468. The minimum atomic E-state index is -0.509. The van der Waals surface area contributed by atoms with Crippen molar-refractivity contribution >= 4 is 29.3 Å². The molecule has 1 aromatic carbocycles. The lowest BCUT2D eigenvalue weighted by Crippen LogP contribution is -2.45. The van der Waals surface area contributed by atoms with Gasteiger partial charge in [0.2, 0.25) is 11.8 Å². The first-order valence-corrected chi connectivity index (χ1v) is 5.38. The van der Waals surface area contributed by atoms with E-state index in [9.17, 15) is 14.4 Å². The number of rotatable bonds is 2. The third-order valence-corrected chi connectivity index (χ3v) is 2.62. The number of hydrogen-bond acceptors (Lipinski definition) is 3. The van der Waals surface area contributed by atoms with Crippen molar-refractivity contribution < 1.29 is 14.4 Å². The van der Waals surface area contributed by atoms with Crippen molar-refractivity contribution in [3.05, 3.63) is 34.9 Å². The Kier molecular flexibility index (Phi) is 3.10. The molecule has 1 N–H and O–H groups in total. The lowest BCUT2D eigenvalue weighted by atomic mass is 10.2. The fraction of sp³-hybridized carbons (Fsp3) is 0.182. The molecular formula is C11H9ClN2O3. The Morgan fingerprint density at radius 3 is 2.18 bits per heavy atom. The maximum atomic E-state index is 11.7. The second-order valence-corrected chi connectivity index (χ2v) is 4.01. The summed E-state index contributed by atoms with van der Waals surface area (Å²) in [4.78, 5) is 34.3. The van der Waals surface area contributed by atoms with Crippen LogP contribution in [0.3, 0.4) is 0 Å². The third-order valence-electron chi connectivity index (χ3n) is 2.37. The molecule has 1 aromatic rings. The first-order chi connectivity index (χ1) is 8.08. The van der Waals surface area contributed by atoms with Crippen LogP contribution in [0.2, 0.25) is 5.02 Å². The van der Waals surface area contributed by atoms with Gasteiger partial charge in [0.25, 0.3) is 5.91 Å². The van der Waals surface area contributed by atoms with Gasteiger partial charge in [0.15, 0.2) is 0 Å². The molecule has 6 heteroatoms. The van der Waals surface area contributed by atoms with Gasteiger partial charge in [0.05, 0.1) is 0 Å². The molecule has 17 heavy (non-hydrogen) atoms. The van der Waals surface area contributed by atoms with E-state index in [1.165, 1.54) is 12.1 Å². The molecule has 5 nitrogen and oxygen atoms in total. The number of benzene rings is 1. The summed E-state index contributed by atoms with van der Waals surface area (Å²) in [6.07, 6.45) is 0.277. The van der Waals surface area contributed by atoms with Gasteiger partial charge in [-0.2, -0.15) is 5.01 Å². The molecule has 1 aliphatic rings. The Morgan fingerprint density at radius 2 is 1.65 bits per heavy atom. The topological polar surface area (TPSA) is 66.5 Å². The largest absolute Gasteiger partial charge is 0.273 e. The molecule has 0 aromatic heterocycles. The van der Waals surface area contributed by atoms with Crippen LogP contribution in [0.5, 0.6) is 0 Å². The SMILES string of the molecule is O=C(NN1C(=O)CCC1=O)c1ccc(Cl)cc1. The van der Waals surface area contributed by atoms with Crippen molar-refractivity contribution in [2.24, 2.45) is 0 Å². The first kappa shape index (κ1) is 11.6. The summed E-state index contributed by atoms with van der Waals surface area (Å²) in [5.41, 5.74) is 2.60. The summed E-state index contributed by atoms with van der Waals surface area (Å²) in [5, 5.41) is 1.27. The highest BCUT2D eigenvalue weighted by atomic mass is 35.5. The smallest absolute Gasteiger partial charge is 0.270 e. The molecule has 0 aliphatic carbocycles. The molecule has 1 fully saturated rings. The van der Waals surface area contributed by atoms with Crippen molar-refractivity contribution in [1.82, 2.24) is 10.4 Å². The summed E-state index contributed by atoms with van der Waals surface area (Å²) in [6.45, 7) is 0. The summed E-state index contributed by atoms with van der Waals surface area (Å²) in [7, 11) is 0. The second kappa shape index (κ2) is 4.55. The standard InChI is InChI=1S/C11H9ClN2O3/c12-8-3-1-7(2-4-8)11(17)13-14-9(15)5-6-10(14)16/h1-4H,5-6H2,(H,13,17). The zero-order valence-electron chi connectivity index (χ0n) is 8.77. The van der Waals surface area contributed by atoms with E-state index in [0.717, 1.165) is 5.01 Å². The highest BCUT2D eigenvalue weighted by molar-refractivity contribution is 6.30. The Labute approximate surface area is 102 Å². The molecule has 0 atom stereocenters. The van der Waals surface area contributed by atoms with Crippen LogP contribution in [-0.2, 0) is 9.59 Å². The lowest BCUT2D eigenvalue weighted by molar-refractivity contribution is -0.141. The van der Waals surface area contributed by atoms with Gasteiger partial charge in [-0.1, -0.05) is 11.6 Å². The van der Waals surface area contributed by atoms with Gasteiger partial charge in [-0.05, 0) is 24.3 Å². The van der Waals surface area contributed by atoms with Gasteiger partial charge in [-0.3, -0.25) is 19.8 Å². The summed E-state index contributed by atoms with van der Waals surface area (Å²) >= 11 is 5.68. The number of amides is 3. The highest BCUT2D eigenvalue weighted by Crippen LogP contribution is 2.12. The van der Waals surface area contributed by atoms with E-state index in [1.807, 2.05) is 0 Å². The molecule has 1 heterocycles. The molecule has 0 spiro atoms. The van der Waals surface area contributed by atoms with E-state index in [-0.39, 0.29) is 12.8 Å². The maximum Gasteiger partial charge on any atom is 0.270 e. The molecule has 2 rings (SSSR count). The van der Waals surface area contributed by atoms with Gasteiger partial charge >= 0.3 is 0 Å². The van der Waals surface area contributed by atoms with Crippen LogP contribution in [-0.4, -0.2) is 22.7 Å². The Hall–Kier alpha value is -1.88. The minimum absolute atomic E-state index is 0.139. The van der Waals surface area contributed by atoms with E-state index >= 15 is 0 Å². The van der Waals surface area contributed by atoms with Crippen LogP contribution < -0.4 is 5.43 Å². The van der Waals surface area contributed by atoms with E-state index in [1.54, 1.807) is 12.1 Å². The molecule has 0 unspecified atom stereocenters. The molecule has 0 radical (unpaired) electrons. The highest BCUT2D eigenvalue weighted by Gasteiger charge is 2.30. The van der Waals surface area contributed by atoms with E-state index in [4.69, 9.17) is 11.6 Å². The van der Waals surface area contributed by atoms with Gasteiger partial charge in [0, 0.05) is 23.4 Å². The lowest BCUT2D eigenvalue weighted by Gasteiger charge is -2.14. The van der Waals surface area contributed by atoms with Crippen LogP contribution >= 0.6 is 11.6 Å². The summed E-state index contributed by atoms with van der Waals surface area (Å²) in [6, 6.07) is 6.15. The minimum Gasteiger partial charge on any atom is -0.273 e. The monoisotopic (exact) mass is 252 g/mol. The number of nitrogens with zero attached hydrogens (tertiary/aromatic N) is 1. The number of hydrazine groups is 1. The number of halogens is 1. The van der Waals surface area contributed by atoms with Gasteiger partial charge in [0.1, 0.15) is 0 Å². The number of imide groups is 1. The molecule has 0 bridgehead atoms. The van der Waals surface area contributed by atoms with Crippen LogP contribution in [0.4, 0.5) is 0 Å². The quantitative estimate of drug-likeness (QED) is 0.803. The Morgan fingerprint density at radius 1 is 1.12 bits per heavy atom. The summed E-state index contributed by atoms with van der Waals surface area (Å²) < 4.78 is 0. The zero-order valence-corrected chi connectivity index (χ0v) is 9.53. The fourth-order valence-electron chi connectivity index (χ4n) is 1.47. The van der Waals surface area contributed by atoms with E-state index < -0.39 is 17.7 Å². The van der Waals surface area contributed by atoms with Gasteiger partial charge < -0.3 is 0 Å². The molecule has 3 amide bonds. The normalized spacial score (nSPS) is 15.2. The van der Waals surface area contributed by atoms with Gasteiger partial charge in [-0.15, -0.1) is 0 Å². The molecule has 1 aliphatic heterocycles. The molecule has 0 saturated carbocycles. The van der Waals surface area contributed by atoms with E-state index in [2.05, 4.69) is 5.43 Å². The van der Waals surface area contributed by atoms with Crippen molar-refractivity contribution in [1.29, 1.82) is 0 Å². The average Bonchev–Trinajstić information content (AvgIpc) is 2.61. The molecule has 88 valence electrons. The van der Waals surface area contributed by atoms with Crippen LogP contribution in [0.25, 0.3) is 0 Å². The van der Waals surface area contributed by atoms with Crippen LogP contribution in [0.15, 0.2) is 24.3 Å². The maximum absolute atomic E-state index is 11.7. The van der Waals surface area contributed by atoms with E-state index in [0.29, 0.717) is 10.6 Å².